The van der Waals surface area contributed by atoms with E-state index < -0.39 is 0 Å². The Morgan fingerprint density at radius 2 is 1.89 bits per heavy atom. The highest BCUT2D eigenvalue weighted by atomic mass is 35.5. The van der Waals surface area contributed by atoms with Crippen LogP contribution >= 0.6 is 11.6 Å². The highest BCUT2D eigenvalue weighted by Gasteiger charge is 2.03. The predicted octanol–water partition coefficient (Wildman–Crippen LogP) is 3.97. The third-order valence-electron chi connectivity index (χ3n) is 2.63. The summed E-state index contributed by atoms with van der Waals surface area (Å²) in [5.41, 5.74) is 1.70. The van der Waals surface area contributed by atoms with Gasteiger partial charge in [-0.3, -0.25) is 0 Å². The number of rotatable bonds is 4. The number of hydrogen-bond donors (Lipinski definition) is 0. The maximum atomic E-state index is 12.8. The minimum absolute atomic E-state index is 0.264. The number of ether oxygens (including phenoxy) is 1. The lowest BCUT2D eigenvalue weighted by atomic mass is 10.1. The molecule has 2 aromatic rings. The second-order valence-corrected chi connectivity index (χ2v) is 4.39. The van der Waals surface area contributed by atoms with Gasteiger partial charge in [0, 0.05) is 6.42 Å². The Bertz CT molecular complexity index is 605. The molecule has 0 aliphatic heterocycles. The maximum absolute atomic E-state index is 12.8. The first-order valence-corrected chi connectivity index (χ1v) is 6.14. The van der Waals surface area contributed by atoms with Gasteiger partial charge in [-0.15, -0.1) is 0 Å². The Kier molecular flexibility index (Phi) is 4.38. The first-order chi connectivity index (χ1) is 9.19. The van der Waals surface area contributed by atoms with Crippen molar-refractivity contribution < 1.29 is 9.13 Å². The minimum Gasteiger partial charge on any atom is -0.492 e. The van der Waals surface area contributed by atoms with E-state index in [1.165, 1.54) is 18.2 Å². The van der Waals surface area contributed by atoms with E-state index in [4.69, 9.17) is 21.6 Å². The molecule has 0 spiro atoms. The lowest BCUT2D eigenvalue weighted by Gasteiger charge is -2.08. The number of hydrogen-bond acceptors (Lipinski definition) is 2. The van der Waals surface area contributed by atoms with Gasteiger partial charge in [0.05, 0.1) is 23.3 Å². The van der Waals surface area contributed by atoms with Gasteiger partial charge in [-0.05, 0) is 35.9 Å². The zero-order valence-corrected chi connectivity index (χ0v) is 10.8. The Morgan fingerprint density at radius 3 is 2.53 bits per heavy atom. The van der Waals surface area contributed by atoms with E-state index in [0.717, 1.165) is 5.56 Å². The average molecular weight is 276 g/mol. The summed E-state index contributed by atoms with van der Waals surface area (Å²) in [6.07, 6.45) is 0.694. The van der Waals surface area contributed by atoms with Crippen LogP contribution in [0.3, 0.4) is 0 Å². The van der Waals surface area contributed by atoms with Gasteiger partial charge in [0.2, 0.25) is 0 Å². The normalized spacial score (nSPS) is 9.95. The van der Waals surface area contributed by atoms with Gasteiger partial charge in [-0.2, -0.15) is 5.26 Å². The predicted molar refractivity (Wildman–Crippen MR) is 71.8 cm³/mol. The lowest BCUT2D eigenvalue weighted by Crippen LogP contribution is -2.01. The molecule has 0 fully saturated rings. The van der Waals surface area contributed by atoms with Crippen LogP contribution in [-0.4, -0.2) is 6.61 Å². The van der Waals surface area contributed by atoms with Crippen LogP contribution in [0, 0.1) is 17.1 Å². The minimum atomic E-state index is -0.385. The number of nitrogens with zero attached hydrogens (tertiary/aromatic N) is 1. The molecule has 0 aliphatic carbocycles. The van der Waals surface area contributed by atoms with Crippen LogP contribution in [0.2, 0.25) is 5.02 Å². The summed E-state index contributed by atoms with van der Waals surface area (Å²) in [4.78, 5) is 0. The van der Waals surface area contributed by atoms with Crippen LogP contribution in [0.1, 0.15) is 11.1 Å². The highest BCUT2D eigenvalue weighted by Crippen LogP contribution is 2.24. The SMILES string of the molecule is N#Cc1ccc(CCOc2ccc(F)cc2Cl)cc1. The Hall–Kier alpha value is -2.05. The summed E-state index contributed by atoms with van der Waals surface area (Å²) in [6.45, 7) is 0.442. The molecular formula is C15H11ClFNO. The summed E-state index contributed by atoms with van der Waals surface area (Å²) >= 11 is 5.85. The summed E-state index contributed by atoms with van der Waals surface area (Å²) in [6, 6.07) is 13.4. The average Bonchev–Trinajstić information content (AvgIpc) is 2.42. The summed E-state index contributed by atoms with van der Waals surface area (Å²) in [5.74, 6) is 0.0844. The zero-order valence-electron chi connectivity index (χ0n) is 10.1. The van der Waals surface area contributed by atoms with Crippen LogP contribution in [0.25, 0.3) is 0 Å². The molecule has 0 radical (unpaired) electrons. The molecule has 19 heavy (non-hydrogen) atoms. The summed E-state index contributed by atoms with van der Waals surface area (Å²) < 4.78 is 18.3. The molecule has 4 heteroatoms. The number of nitriles is 1. The third-order valence-corrected chi connectivity index (χ3v) is 2.92. The van der Waals surface area contributed by atoms with Crippen LogP contribution in [0.5, 0.6) is 5.75 Å². The molecule has 0 aromatic heterocycles. The maximum Gasteiger partial charge on any atom is 0.138 e. The fraction of sp³-hybridized carbons (Fsp3) is 0.133. The molecule has 96 valence electrons. The summed E-state index contributed by atoms with van der Waals surface area (Å²) in [7, 11) is 0. The van der Waals surface area contributed by atoms with Crippen molar-refractivity contribution in [2.75, 3.05) is 6.61 Å². The Balaban J connectivity index is 1.91. The molecule has 2 rings (SSSR count). The molecule has 0 bridgehead atoms. The van der Waals surface area contributed by atoms with Crippen LogP contribution in [-0.2, 0) is 6.42 Å². The van der Waals surface area contributed by atoms with Gasteiger partial charge in [-0.25, -0.2) is 4.39 Å². The molecule has 0 atom stereocenters. The van der Waals surface area contributed by atoms with E-state index in [-0.39, 0.29) is 10.8 Å². The second kappa shape index (κ2) is 6.21. The van der Waals surface area contributed by atoms with Crippen LogP contribution < -0.4 is 4.74 Å². The molecule has 0 aliphatic rings. The largest absolute Gasteiger partial charge is 0.492 e. The fourth-order valence-corrected chi connectivity index (χ4v) is 1.84. The summed E-state index contributed by atoms with van der Waals surface area (Å²) in [5, 5.41) is 8.95. The first kappa shape index (κ1) is 13.4. The van der Waals surface area contributed by atoms with Crippen LogP contribution in [0.15, 0.2) is 42.5 Å². The second-order valence-electron chi connectivity index (χ2n) is 3.98. The third kappa shape index (κ3) is 3.70. The van der Waals surface area contributed by atoms with Crippen molar-refractivity contribution in [1.82, 2.24) is 0 Å². The molecular weight excluding hydrogens is 265 g/mol. The van der Waals surface area contributed by atoms with Crippen molar-refractivity contribution in [2.24, 2.45) is 0 Å². The Labute approximate surface area is 116 Å². The molecule has 0 heterocycles. The van der Waals surface area contributed by atoms with E-state index in [1.54, 1.807) is 12.1 Å². The Morgan fingerprint density at radius 1 is 1.16 bits per heavy atom. The van der Waals surface area contributed by atoms with Gasteiger partial charge in [0.1, 0.15) is 11.6 Å². The molecule has 2 nitrogen and oxygen atoms in total. The molecule has 2 aromatic carbocycles. The van der Waals surface area contributed by atoms with E-state index in [1.807, 2.05) is 12.1 Å². The number of halogens is 2. The standard InChI is InChI=1S/C15H11ClFNO/c16-14-9-13(17)5-6-15(14)19-8-7-11-1-3-12(10-18)4-2-11/h1-6,9H,7-8H2. The van der Waals surface area contributed by atoms with Gasteiger partial charge in [0.15, 0.2) is 0 Å². The van der Waals surface area contributed by atoms with Gasteiger partial charge < -0.3 is 4.74 Å². The quantitative estimate of drug-likeness (QED) is 0.846. The van der Waals surface area contributed by atoms with Crippen molar-refractivity contribution in [3.63, 3.8) is 0 Å². The zero-order chi connectivity index (χ0) is 13.7. The monoisotopic (exact) mass is 275 g/mol. The molecule has 0 unspecified atom stereocenters. The molecule has 0 N–H and O–H groups in total. The first-order valence-electron chi connectivity index (χ1n) is 5.76. The highest BCUT2D eigenvalue weighted by molar-refractivity contribution is 6.32. The molecule has 0 saturated heterocycles. The van der Waals surface area contributed by atoms with Gasteiger partial charge in [0.25, 0.3) is 0 Å². The smallest absolute Gasteiger partial charge is 0.138 e. The van der Waals surface area contributed by atoms with Crippen molar-refractivity contribution in [2.45, 2.75) is 6.42 Å². The van der Waals surface area contributed by atoms with Crippen molar-refractivity contribution in [3.8, 4) is 11.8 Å². The number of benzene rings is 2. The molecule has 0 saturated carbocycles. The van der Waals surface area contributed by atoms with Crippen LogP contribution in [0.4, 0.5) is 4.39 Å². The van der Waals surface area contributed by atoms with E-state index in [2.05, 4.69) is 6.07 Å². The fourth-order valence-electron chi connectivity index (χ4n) is 1.62. The van der Waals surface area contributed by atoms with Gasteiger partial charge in [-0.1, -0.05) is 23.7 Å². The van der Waals surface area contributed by atoms with E-state index in [0.29, 0.717) is 24.3 Å². The van der Waals surface area contributed by atoms with Crippen molar-refractivity contribution in [1.29, 1.82) is 5.26 Å². The lowest BCUT2D eigenvalue weighted by molar-refractivity contribution is 0.321. The van der Waals surface area contributed by atoms with Crippen molar-refractivity contribution in [3.05, 3.63) is 64.4 Å². The van der Waals surface area contributed by atoms with E-state index in [9.17, 15) is 4.39 Å². The molecule has 0 amide bonds. The van der Waals surface area contributed by atoms with Gasteiger partial charge >= 0.3 is 0 Å². The van der Waals surface area contributed by atoms with Crippen molar-refractivity contribution >= 4 is 11.6 Å². The van der Waals surface area contributed by atoms with E-state index >= 15 is 0 Å². The topological polar surface area (TPSA) is 33.0 Å².